The molecule has 2 N–H and O–H groups in total. The minimum atomic E-state index is -0.669. The summed E-state index contributed by atoms with van der Waals surface area (Å²) in [6, 6.07) is 13.5. The molecule has 0 saturated heterocycles. The average Bonchev–Trinajstić information content (AvgIpc) is 2.45. The molecule has 2 aromatic carbocycles. The molecule has 0 aliphatic carbocycles. The molecule has 0 saturated carbocycles. The van der Waals surface area contributed by atoms with Crippen molar-refractivity contribution in [3.05, 3.63) is 70.5 Å². The Hall–Kier alpha value is -1.42. The summed E-state index contributed by atoms with van der Waals surface area (Å²) in [4.78, 5) is 0. The first kappa shape index (κ1) is 15.0. The second-order valence-electron chi connectivity index (χ2n) is 4.75. The van der Waals surface area contributed by atoms with Gasteiger partial charge in [-0.25, -0.2) is 4.39 Å². The highest BCUT2D eigenvalue weighted by Crippen LogP contribution is 2.19. The first-order chi connectivity index (χ1) is 9.56. The van der Waals surface area contributed by atoms with E-state index in [1.165, 1.54) is 12.1 Å². The van der Waals surface area contributed by atoms with E-state index in [1.54, 1.807) is 12.1 Å². The maximum absolute atomic E-state index is 12.8. The molecule has 0 heterocycles. The molecule has 2 nitrogen and oxygen atoms in total. The average molecular weight is 294 g/mol. The molecule has 2 aromatic rings. The van der Waals surface area contributed by atoms with Gasteiger partial charge in [0.25, 0.3) is 0 Å². The van der Waals surface area contributed by atoms with Gasteiger partial charge in [-0.3, -0.25) is 0 Å². The van der Waals surface area contributed by atoms with Crippen LogP contribution in [0.25, 0.3) is 0 Å². The zero-order valence-corrected chi connectivity index (χ0v) is 11.9. The number of rotatable bonds is 5. The van der Waals surface area contributed by atoms with Crippen LogP contribution in [-0.4, -0.2) is 11.7 Å². The molecule has 0 amide bonds. The van der Waals surface area contributed by atoms with Gasteiger partial charge in [0.1, 0.15) is 5.82 Å². The quantitative estimate of drug-likeness (QED) is 0.877. The summed E-state index contributed by atoms with van der Waals surface area (Å²) in [5.41, 5.74) is 1.75. The van der Waals surface area contributed by atoms with E-state index in [2.05, 4.69) is 5.32 Å². The maximum Gasteiger partial charge on any atom is 0.123 e. The van der Waals surface area contributed by atoms with Gasteiger partial charge < -0.3 is 10.4 Å². The lowest BCUT2D eigenvalue weighted by atomic mass is 10.1. The van der Waals surface area contributed by atoms with E-state index < -0.39 is 6.10 Å². The van der Waals surface area contributed by atoms with Crippen molar-refractivity contribution in [3.8, 4) is 0 Å². The summed E-state index contributed by atoms with van der Waals surface area (Å²) in [7, 11) is 0. The smallest absolute Gasteiger partial charge is 0.123 e. The van der Waals surface area contributed by atoms with Crippen LogP contribution in [0.2, 0.25) is 5.02 Å². The lowest BCUT2D eigenvalue weighted by molar-refractivity contribution is 0.170. The van der Waals surface area contributed by atoms with Gasteiger partial charge >= 0.3 is 0 Å². The molecular weight excluding hydrogens is 277 g/mol. The fourth-order valence-electron chi connectivity index (χ4n) is 1.98. The molecule has 0 aliphatic rings. The molecule has 2 atom stereocenters. The SMILES string of the molecule is CC(NCC(O)c1ccc(F)cc1)c1cccc(Cl)c1. The van der Waals surface area contributed by atoms with Gasteiger partial charge in [-0.05, 0) is 42.3 Å². The highest BCUT2D eigenvalue weighted by atomic mass is 35.5. The van der Waals surface area contributed by atoms with Crippen LogP contribution in [0.3, 0.4) is 0 Å². The molecule has 0 bridgehead atoms. The zero-order chi connectivity index (χ0) is 14.5. The van der Waals surface area contributed by atoms with Crippen LogP contribution in [-0.2, 0) is 0 Å². The monoisotopic (exact) mass is 293 g/mol. The molecular formula is C16H17ClFNO. The van der Waals surface area contributed by atoms with Gasteiger partial charge in [0.05, 0.1) is 6.10 Å². The molecule has 0 fully saturated rings. The van der Waals surface area contributed by atoms with E-state index in [9.17, 15) is 9.50 Å². The van der Waals surface area contributed by atoms with Crippen molar-refractivity contribution in [1.82, 2.24) is 5.32 Å². The van der Waals surface area contributed by atoms with Crippen molar-refractivity contribution in [2.75, 3.05) is 6.54 Å². The van der Waals surface area contributed by atoms with E-state index in [1.807, 2.05) is 31.2 Å². The molecule has 2 rings (SSSR count). The van der Waals surface area contributed by atoms with E-state index >= 15 is 0 Å². The van der Waals surface area contributed by atoms with E-state index in [0.29, 0.717) is 17.1 Å². The van der Waals surface area contributed by atoms with Crippen molar-refractivity contribution >= 4 is 11.6 Å². The van der Waals surface area contributed by atoms with Gasteiger partial charge in [-0.1, -0.05) is 35.9 Å². The van der Waals surface area contributed by atoms with Crippen LogP contribution in [0.1, 0.15) is 30.2 Å². The Balaban J connectivity index is 1.93. The fraction of sp³-hybridized carbons (Fsp3) is 0.250. The standard InChI is InChI=1S/C16H17ClFNO/c1-11(13-3-2-4-14(17)9-13)19-10-16(20)12-5-7-15(18)8-6-12/h2-9,11,16,19-20H,10H2,1H3. The predicted octanol–water partition coefficient (Wildman–Crippen LogP) is 3.86. The minimum Gasteiger partial charge on any atom is -0.387 e. The summed E-state index contributed by atoms with van der Waals surface area (Å²) in [5, 5.41) is 14.0. The maximum atomic E-state index is 12.8. The summed E-state index contributed by atoms with van der Waals surface area (Å²) in [6.45, 7) is 2.39. The number of aliphatic hydroxyl groups is 1. The number of nitrogens with one attached hydrogen (secondary N) is 1. The van der Waals surface area contributed by atoms with Gasteiger partial charge in [0, 0.05) is 17.6 Å². The molecule has 2 unspecified atom stereocenters. The van der Waals surface area contributed by atoms with E-state index in [-0.39, 0.29) is 11.9 Å². The van der Waals surface area contributed by atoms with Crippen LogP contribution < -0.4 is 5.32 Å². The second-order valence-corrected chi connectivity index (χ2v) is 5.19. The largest absolute Gasteiger partial charge is 0.387 e. The second kappa shape index (κ2) is 6.84. The third-order valence-electron chi connectivity index (χ3n) is 3.22. The van der Waals surface area contributed by atoms with Gasteiger partial charge in [-0.2, -0.15) is 0 Å². The molecule has 4 heteroatoms. The first-order valence-electron chi connectivity index (χ1n) is 6.48. The Morgan fingerprint density at radius 2 is 1.85 bits per heavy atom. The third-order valence-corrected chi connectivity index (χ3v) is 3.46. The topological polar surface area (TPSA) is 32.3 Å². The third kappa shape index (κ3) is 4.04. The van der Waals surface area contributed by atoms with Crippen LogP contribution in [0.15, 0.2) is 48.5 Å². The van der Waals surface area contributed by atoms with E-state index in [4.69, 9.17) is 11.6 Å². The lowest BCUT2D eigenvalue weighted by Gasteiger charge is -2.18. The number of halogens is 2. The molecule has 20 heavy (non-hydrogen) atoms. The van der Waals surface area contributed by atoms with Crippen LogP contribution in [0.5, 0.6) is 0 Å². The van der Waals surface area contributed by atoms with Gasteiger partial charge in [0.2, 0.25) is 0 Å². The van der Waals surface area contributed by atoms with Gasteiger partial charge in [0.15, 0.2) is 0 Å². The minimum absolute atomic E-state index is 0.0730. The zero-order valence-electron chi connectivity index (χ0n) is 11.2. The van der Waals surface area contributed by atoms with Crippen LogP contribution in [0.4, 0.5) is 4.39 Å². The van der Waals surface area contributed by atoms with Crippen molar-refractivity contribution in [2.24, 2.45) is 0 Å². The predicted molar refractivity (Wildman–Crippen MR) is 79.2 cm³/mol. The molecule has 0 radical (unpaired) electrons. The van der Waals surface area contributed by atoms with Crippen molar-refractivity contribution in [3.63, 3.8) is 0 Å². The number of aliphatic hydroxyl groups excluding tert-OH is 1. The van der Waals surface area contributed by atoms with E-state index in [0.717, 1.165) is 5.56 Å². The Kier molecular flexibility index (Phi) is 5.12. The molecule has 0 aliphatic heterocycles. The Labute approximate surface area is 123 Å². The number of hydrogen-bond acceptors (Lipinski definition) is 2. The summed E-state index contributed by atoms with van der Waals surface area (Å²) >= 11 is 5.95. The van der Waals surface area contributed by atoms with Crippen molar-refractivity contribution in [1.29, 1.82) is 0 Å². The van der Waals surface area contributed by atoms with Gasteiger partial charge in [-0.15, -0.1) is 0 Å². The van der Waals surface area contributed by atoms with Crippen molar-refractivity contribution in [2.45, 2.75) is 19.1 Å². The molecule has 106 valence electrons. The number of benzene rings is 2. The Morgan fingerprint density at radius 3 is 2.50 bits per heavy atom. The Bertz CT molecular complexity index is 559. The van der Waals surface area contributed by atoms with Crippen LogP contribution in [0, 0.1) is 5.82 Å². The Morgan fingerprint density at radius 1 is 1.15 bits per heavy atom. The molecule has 0 spiro atoms. The van der Waals surface area contributed by atoms with Crippen molar-refractivity contribution < 1.29 is 9.50 Å². The highest BCUT2D eigenvalue weighted by molar-refractivity contribution is 6.30. The highest BCUT2D eigenvalue weighted by Gasteiger charge is 2.11. The van der Waals surface area contributed by atoms with Crippen LogP contribution >= 0.6 is 11.6 Å². The first-order valence-corrected chi connectivity index (χ1v) is 6.86. The fourth-order valence-corrected chi connectivity index (χ4v) is 2.18. The number of hydrogen-bond donors (Lipinski definition) is 2. The summed E-state index contributed by atoms with van der Waals surface area (Å²) in [6.07, 6.45) is -0.669. The molecule has 0 aromatic heterocycles. The summed E-state index contributed by atoms with van der Waals surface area (Å²) < 4.78 is 12.8. The normalized spacial score (nSPS) is 14.0. The summed E-state index contributed by atoms with van der Waals surface area (Å²) in [5.74, 6) is -0.304. The lowest BCUT2D eigenvalue weighted by Crippen LogP contribution is -2.24.